The van der Waals surface area contributed by atoms with E-state index >= 15 is 0 Å². The molecule has 0 unspecified atom stereocenters. The zero-order chi connectivity index (χ0) is 27.1. The molecule has 0 saturated heterocycles. The molecule has 2 amide bonds. The third kappa shape index (κ3) is 6.13. The topological polar surface area (TPSA) is 89.8 Å². The Morgan fingerprint density at radius 2 is 1.63 bits per heavy atom. The van der Waals surface area contributed by atoms with Gasteiger partial charge >= 0.3 is 0 Å². The molecule has 1 atom stereocenters. The predicted octanol–water partition coefficient (Wildman–Crippen LogP) is 5.59. The lowest BCUT2D eigenvalue weighted by atomic mass is 9.93. The predicted molar refractivity (Wildman–Crippen MR) is 146 cm³/mol. The average Bonchev–Trinajstić information content (AvgIpc) is 3.45. The van der Waals surface area contributed by atoms with Crippen molar-refractivity contribution in [3.8, 4) is 11.5 Å². The Labute approximate surface area is 222 Å². The zero-order valence-corrected chi connectivity index (χ0v) is 21.8. The van der Waals surface area contributed by atoms with Gasteiger partial charge in [0.15, 0.2) is 11.5 Å². The molecule has 7 heteroatoms. The van der Waals surface area contributed by atoms with Crippen molar-refractivity contribution in [3.63, 3.8) is 0 Å². The number of carbonyl (C=O) groups is 2. The van der Waals surface area contributed by atoms with Crippen LogP contribution in [0.5, 0.6) is 11.5 Å². The number of aryl methyl sites for hydroxylation is 2. The van der Waals surface area contributed by atoms with Crippen LogP contribution >= 0.6 is 0 Å². The standard InChI is InChI=1S/C31H30N2O5/c1-20-12-14-25(21(2)17-20)29(22-9-6-5-7-10-22)33-31(35)26(19-24-11-8-16-38-24)32-30(34)23-13-15-27(36-3)28(18-23)37-4/h5-19,29H,1-4H3,(H,32,34)(H,33,35)/b26-19-/t29-/m1/s1. The number of benzene rings is 3. The van der Waals surface area contributed by atoms with Crippen LogP contribution in [0.2, 0.25) is 0 Å². The number of hydrogen-bond acceptors (Lipinski definition) is 5. The van der Waals surface area contributed by atoms with E-state index in [1.807, 2.05) is 56.3 Å². The first-order valence-electron chi connectivity index (χ1n) is 12.1. The molecule has 194 valence electrons. The van der Waals surface area contributed by atoms with Crippen molar-refractivity contribution >= 4 is 17.9 Å². The molecule has 4 rings (SSSR count). The van der Waals surface area contributed by atoms with Crippen LogP contribution in [0.15, 0.2) is 95.2 Å². The second kappa shape index (κ2) is 12.0. The van der Waals surface area contributed by atoms with E-state index in [0.29, 0.717) is 22.8 Å². The van der Waals surface area contributed by atoms with Crippen molar-refractivity contribution in [1.82, 2.24) is 10.6 Å². The van der Waals surface area contributed by atoms with Crippen molar-refractivity contribution < 1.29 is 23.5 Å². The van der Waals surface area contributed by atoms with Gasteiger partial charge in [0.25, 0.3) is 11.8 Å². The minimum absolute atomic E-state index is 0.0328. The maximum absolute atomic E-state index is 13.7. The van der Waals surface area contributed by atoms with Crippen LogP contribution < -0.4 is 20.1 Å². The monoisotopic (exact) mass is 510 g/mol. The highest BCUT2D eigenvalue weighted by Crippen LogP contribution is 2.28. The summed E-state index contributed by atoms with van der Waals surface area (Å²) in [5.41, 5.74) is 4.38. The van der Waals surface area contributed by atoms with Crippen molar-refractivity contribution in [1.29, 1.82) is 0 Å². The minimum Gasteiger partial charge on any atom is -0.493 e. The summed E-state index contributed by atoms with van der Waals surface area (Å²) in [6.07, 6.45) is 3.00. The fraction of sp³-hybridized carbons (Fsp3) is 0.161. The van der Waals surface area contributed by atoms with Gasteiger partial charge in [0.2, 0.25) is 0 Å². The third-order valence-electron chi connectivity index (χ3n) is 6.11. The smallest absolute Gasteiger partial charge is 0.268 e. The van der Waals surface area contributed by atoms with Crippen LogP contribution in [-0.2, 0) is 4.79 Å². The van der Waals surface area contributed by atoms with Gasteiger partial charge in [-0.1, -0.05) is 54.1 Å². The maximum Gasteiger partial charge on any atom is 0.268 e. The summed E-state index contributed by atoms with van der Waals surface area (Å²) in [6.45, 7) is 4.05. The van der Waals surface area contributed by atoms with Gasteiger partial charge in [-0.05, 0) is 60.9 Å². The van der Waals surface area contributed by atoms with Gasteiger partial charge < -0.3 is 24.5 Å². The SMILES string of the molecule is COc1ccc(C(=O)N/C(=C\c2ccco2)C(=O)N[C@H](c2ccccc2)c2ccc(C)cc2C)cc1OC. The Balaban J connectivity index is 1.68. The van der Waals surface area contributed by atoms with Gasteiger partial charge in [-0.15, -0.1) is 0 Å². The highest BCUT2D eigenvalue weighted by Gasteiger charge is 2.23. The summed E-state index contributed by atoms with van der Waals surface area (Å²) in [5.74, 6) is 0.365. The molecule has 1 aromatic heterocycles. The Kier molecular flexibility index (Phi) is 8.28. The number of furan rings is 1. The quantitative estimate of drug-likeness (QED) is 0.287. The molecule has 7 nitrogen and oxygen atoms in total. The molecular formula is C31H30N2O5. The summed E-state index contributed by atoms with van der Waals surface area (Å²) in [6, 6.07) is 23.6. The van der Waals surface area contributed by atoms with Crippen LogP contribution in [0.4, 0.5) is 0 Å². The molecule has 4 aromatic rings. The molecule has 0 radical (unpaired) electrons. The molecule has 0 spiro atoms. The number of amides is 2. The van der Waals surface area contributed by atoms with Crippen LogP contribution in [0.25, 0.3) is 6.08 Å². The number of hydrogen-bond donors (Lipinski definition) is 2. The summed E-state index contributed by atoms with van der Waals surface area (Å²) in [5, 5.41) is 5.86. The molecule has 1 heterocycles. The molecule has 2 N–H and O–H groups in total. The lowest BCUT2D eigenvalue weighted by Gasteiger charge is -2.23. The molecule has 3 aromatic carbocycles. The van der Waals surface area contributed by atoms with E-state index in [-0.39, 0.29) is 5.70 Å². The lowest BCUT2D eigenvalue weighted by Crippen LogP contribution is -2.37. The summed E-state index contributed by atoms with van der Waals surface area (Å²) in [7, 11) is 3.01. The van der Waals surface area contributed by atoms with Gasteiger partial charge in [-0.25, -0.2) is 0 Å². The second-order valence-corrected chi connectivity index (χ2v) is 8.77. The minimum atomic E-state index is -0.485. The summed E-state index contributed by atoms with van der Waals surface area (Å²) < 4.78 is 16.0. The third-order valence-corrected chi connectivity index (χ3v) is 6.11. The van der Waals surface area contributed by atoms with Gasteiger partial charge in [0, 0.05) is 11.6 Å². The molecule has 0 aliphatic carbocycles. The lowest BCUT2D eigenvalue weighted by molar-refractivity contribution is -0.118. The first-order valence-corrected chi connectivity index (χ1v) is 12.1. The van der Waals surface area contributed by atoms with Crippen LogP contribution in [0.3, 0.4) is 0 Å². The van der Waals surface area contributed by atoms with Gasteiger partial charge in [-0.2, -0.15) is 0 Å². The van der Waals surface area contributed by atoms with Gasteiger partial charge in [0.05, 0.1) is 26.5 Å². The van der Waals surface area contributed by atoms with E-state index in [2.05, 4.69) is 16.7 Å². The molecule has 0 bridgehead atoms. The summed E-state index contributed by atoms with van der Waals surface area (Å²) >= 11 is 0. The Morgan fingerprint density at radius 3 is 2.29 bits per heavy atom. The van der Waals surface area contributed by atoms with Crippen LogP contribution in [-0.4, -0.2) is 26.0 Å². The van der Waals surface area contributed by atoms with E-state index in [9.17, 15) is 9.59 Å². The molecule has 0 fully saturated rings. The highest BCUT2D eigenvalue weighted by molar-refractivity contribution is 6.05. The highest BCUT2D eigenvalue weighted by atomic mass is 16.5. The first kappa shape index (κ1) is 26.3. The van der Waals surface area contributed by atoms with Crippen molar-refractivity contribution in [3.05, 3.63) is 124 Å². The van der Waals surface area contributed by atoms with E-state index in [4.69, 9.17) is 13.9 Å². The number of rotatable bonds is 9. The van der Waals surface area contributed by atoms with Crippen molar-refractivity contribution in [2.45, 2.75) is 19.9 Å². The fourth-order valence-corrected chi connectivity index (χ4v) is 4.19. The van der Waals surface area contributed by atoms with E-state index in [1.165, 1.54) is 26.6 Å². The normalized spacial score (nSPS) is 11.9. The maximum atomic E-state index is 13.7. The van der Waals surface area contributed by atoms with E-state index in [0.717, 1.165) is 22.3 Å². The van der Waals surface area contributed by atoms with Crippen LogP contribution in [0.1, 0.15) is 44.4 Å². The molecule has 0 aliphatic rings. The zero-order valence-electron chi connectivity index (χ0n) is 21.8. The first-order chi connectivity index (χ1) is 18.4. The second-order valence-electron chi connectivity index (χ2n) is 8.77. The largest absolute Gasteiger partial charge is 0.493 e. The molecule has 38 heavy (non-hydrogen) atoms. The molecule has 0 saturated carbocycles. The van der Waals surface area contributed by atoms with Gasteiger partial charge in [0.1, 0.15) is 11.5 Å². The number of ether oxygens (including phenoxy) is 2. The van der Waals surface area contributed by atoms with Crippen LogP contribution in [0, 0.1) is 13.8 Å². The van der Waals surface area contributed by atoms with Crippen molar-refractivity contribution in [2.24, 2.45) is 0 Å². The van der Waals surface area contributed by atoms with Crippen molar-refractivity contribution in [2.75, 3.05) is 14.2 Å². The average molecular weight is 511 g/mol. The molecular weight excluding hydrogens is 480 g/mol. The van der Waals surface area contributed by atoms with E-state index in [1.54, 1.807) is 30.3 Å². The Hall–Kier alpha value is -4.78. The fourth-order valence-electron chi connectivity index (χ4n) is 4.19. The Bertz CT molecular complexity index is 1440. The Morgan fingerprint density at radius 1 is 0.868 bits per heavy atom. The molecule has 0 aliphatic heterocycles. The number of methoxy groups -OCH3 is 2. The summed E-state index contributed by atoms with van der Waals surface area (Å²) in [4.78, 5) is 26.9. The van der Waals surface area contributed by atoms with E-state index < -0.39 is 17.9 Å². The van der Waals surface area contributed by atoms with Gasteiger partial charge in [-0.3, -0.25) is 9.59 Å². The number of carbonyl (C=O) groups excluding carboxylic acids is 2. The number of nitrogens with one attached hydrogen (secondary N) is 2.